The molecule has 175 valence electrons. The van der Waals surface area contributed by atoms with Gasteiger partial charge in [-0.15, -0.1) is 5.41 Å². The number of sulfonamides is 1. The second-order valence-corrected chi connectivity index (χ2v) is 11.4. The van der Waals surface area contributed by atoms with E-state index in [1.165, 1.54) is 0 Å². The van der Waals surface area contributed by atoms with Crippen LogP contribution in [0.4, 0.5) is 5.69 Å². The molecule has 1 fully saturated rings. The van der Waals surface area contributed by atoms with Gasteiger partial charge in [0.15, 0.2) is 0 Å². The first-order valence-corrected chi connectivity index (χ1v) is 12.5. The molecular weight excluding hydrogens is 511 g/mol. The normalized spacial score (nSPS) is 25.2. The molecule has 0 unspecified atom stereocenters. The second-order valence-electron chi connectivity index (χ2n) is 9.60. The SMILES string of the molecule is [CH2-][C@]12c3ccccc3N(S(=O)(=O)c3ccc(C)cc3)[C@H]1CC(C)(C)[C@@H]2[CH-]CC(=O)OCC.[Y]. The number of aryl methyl sites for hydroxylation is 1. The van der Waals surface area contributed by atoms with Gasteiger partial charge in [0.1, 0.15) is 0 Å². The molecule has 0 N–H and O–H groups in total. The predicted molar refractivity (Wildman–Crippen MR) is 126 cm³/mol. The number of carbonyl (C=O) groups is 1. The number of anilines is 1. The topological polar surface area (TPSA) is 63.7 Å². The van der Waals surface area contributed by atoms with Gasteiger partial charge in [-0.25, -0.2) is 8.42 Å². The Hall–Kier alpha value is -1.24. The molecule has 4 rings (SSSR count). The van der Waals surface area contributed by atoms with E-state index in [4.69, 9.17) is 4.74 Å². The maximum absolute atomic E-state index is 13.9. The number of para-hydroxylation sites is 1. The van der Waals surface area contributed by atoms with Crippen molar-refractivity contribution in [1.82, 2.24) is 0 Å². The zero-order valence-corrected chi connectivity index (χ0v) is 23.4. The molecule has 2 aromatic rings. The molecule has 1 heterocycles. The van der Waals surface area contributed by atoms with E-state index in [9.17, 15) is 13.2 Å². The zero-order chi connectivity index (χ0) is 23.3. The fourth-order valence-electron chi connectivity index (χ4n) is 5.66. The van der Waals surface area contributed by atoms with Crippen LogP contribution in [0.3, 0.4) is 0 Å². The molecule has 0 spiro atoms. The number of hydrogen-bond donors (Lipinski definition) is 0. The van der Waals surface area contributed by atoms with E-state index >= 15 is 0 Å². The quantitative estimate of drug-likeness (QED) is 0.387. The van der Waals surface area contributed by atoms with Crippen molar-refractivity contribution in [2.75, 3.05) is 10.9 Å². The minimum atomic E-state index is -3.79. The number of ether oxygens (including phenoxy) is 1. The molecule has 0 bridgehead atoms. The van der Waals surface area contributed by atoms with Crippen LogP contribution in [-0.4, -0.2) is 27.0 Å². The molecule has 0 aromatic heterocycles. The number of benzene rings is 2. The second kappa shape index (κ2) is 9.43. The number of rotatable bonds is 6. The van der Waals surface area contributed by atoms with E-state index in [1.54, 1.807) is 23.4 Å². The maximum Gasteiger partial charge on any atom is 0.275 e. The summed E-state index contributed by atoms with van der Waals surface area (Å²) in [5.74, 6) is -0.366. The van der Waals surface area contributed by atoms with Crippen molar-refractivity contribution < 1.29 is 50.7 Å². The van der Waals surface area contributed by atoms with Crippen molar-refractivity contribution in [3.8, 4) is 0 Å². The van der Waals surface area contributed by atoms with Crippen molar-refractivity contribution in [1.29, 1.82) is 0 Å². The molecule has 1 aliphatic carbocycles. The monoisotopic (exact) mass is 542 g/mol. The molecule has 2 aromatic carbocycles. The van der Waals surface area contributed by atoms with Gasteiger partial charge in [0.25, 0.3) is 16.0 Å². The van der Waals surface area contributed by atoms with Crippen LogP contribution in [0.15, 0.2) is 53.4 Å². The number of nitrogens with zero attached hydrogens (tertiary/aromatic N) is 1. The van der Waals surface area contributed by atoms with E-state index < -0.39 is 15.4 Å². The Morgan fingerprint density at radius 1 is 1.18 bits per heavy atom. The van der Waals surface area contributed by atoms with Gasteiger partial charge in [0, 0.05) is 38.8 Å². The third kappa shape index (κ3) is 4.32. The third-order valence-corrected chi connectivity index (χ3v) is 8.88. The molecule has 1 radical (unpaired) electrons. The fraction of sp³-hybridized carbons (Fsp3) is 0.423. The number of esters is 1. The number of carbonyl (C=O) groups excluding carboxylic acids is 1. The Morgan fingerprint density at radius 3 is 2.45 bits per heavy atom. The van der Waals surface area contributed by atoms with Gasteiger partial charge >= 0.3 is 0 Å². The van der Waals surface area contributed by atoms with E-state index in [2.05, 4.69) is 20.8 Å². The van der Waals surface area contributed by atoms with Gasteiger partial charge in [-0.05, 0) is 44.0 Å². The molecular formula is C26H31NO4SY-2. The molecule has 2 aliphatic rings. The standard InChI is InChI=1S/C26H31NO4S.Y/c1-6-31-24(28)16-15-22-25(3,4)17-23-26(22,5)20-9-7-8-10-21(20)27(23)32(29,30)19-13-11-18(2)12-14-19;/h7-15,22-23H,5-6,16-17H2,1-4H3;/q-2;/t22-,23-,26+;/m0./s1. The van der Waals surface area contributed by atoms with E-state index in [0.717, 1.165) is 11.1 Å². The Labute approximate surface area is 223 Å². The van der Waals surface area contributed by atoms with Gasteiger partial charge in [-0.2, -0.15) is 5.92 Å². The van der Waals surface area contributed by atoms with Crippen molar-refractivity contribution >= 4 is 21.7 Å². The summed E-state index contributed by atoms with van der Waals surface area (Å²) in [7, 11) is -3.79. The summed E-state index contributed by atoms with van der Waals surface area (Å²) in [5.41, 5.74) is 1.67. The molecule has 33 heavy (non-hydrogen) atoms. The average molecular weight is 543 g/mol. The summed E-state index contributed by atoms with van der Waals surface area (Å²) in [5, 5.41) is 0. The Morgan fingerprint density at radius 2 is 1.82 bits per heavy atom. The maximum atomic E-state index is 13.9. The minimum absolute atomic E-state index is 0. The van der Waals surface area contributed by atoms with Crippen LogP contribution >= 0.6 is 0 Å². The van der Waals surface area contributed by atoms with Gasteiger partial charge in [0.2, 0.25) is 0 Å². The number of hydrogen-bond acceptors (Lipinski definition) is 4. The van der Waals surface area contributed by atoms with Crippen LogP contribution in [-0.2, 0) is 57.7 Å². The van der Waals surface area contributed by atoms with Gasteiger partial charge in [-0.1, -0.05) is 61.6 Å². The van der Waals surface area contributed by atoms with Crippen molar-refractivity contribution in [2.45, 2.75) is 56.9 Å². The zero-order valence-electron chi connectivity index (χ0n) is 19.7. The van der Waals surface area contributed by atoms with Gasteiger partial charge in [-0.3, -0.25) is 9.10 Å². The summed E-state index contributed by atoms with van der Waals surface area (Å²) in [6, 6.07) is 14.3. The summed E-state index contributed by atoms with van der Waals surface area (Å²) >= 11 is 0. The summed E-state index contributed by atoms with van der Waals surface area (Å²) in [4.78, 5) is 12.4. The Bertz CT molecular complexity index is 1130. The van der Waals surface area contributed by atoms with Crippen LogP contribution in [0, 0.1) is 31.6 Å². The molecule has 5 nitrogen and oxygen atoms in total. The molecule has 7 heteroatoms. The molecule has 0 amide bonds. The van der Waals surface area contributed by atoms with Crippen LogP contribution in [0.25, 0.3) is 0 Å². The van der Waals surface area contributed by atoms with Crippen molar-refractivity contribution in [3.63, 3.8) is 0 Å². The van der Waals surface area contributed by atoms with Crippen LogP contribution in [0.5, 0.6) is 0 Å². The summed E-state index contributed by atoms with van der Waals surface area (Å²) in [6.07, 6.45) is 2.81. The minimum Gasteiger partial charge on any atom is -0.468 e. The molecule has 3 atom stereocenters. The van der Waals surface area contributed by atoms with Crippen molar-refractivity contribution in [3.05, 3.63) is 73.0 Å². The first kappa shape index (κ1) is 26.4. The predicted octanol–water partition coefficient (Wildman–Crippen LogP) is 4.85. The van der Waals surface area contributed by atoms with Crippen molar-refractivity contribution in [2.24, 2.45) is 11.3 Å². The Balaban J connectivity index is 0.00000306. The third-order valence-electron chi connectivity index (χ3n) is 7.04. The summed E-state index contributed by atoms with van der Waals surface area (Å²) in [6.45, 7) is 13.0. The van der Waals surface area contributed by atoms with Crippen LogP contribution < -0.4 is 4.31 Å². The van der Waals surface area contributed by atoms with E-state index in [1.807, 2.05) is 49.7 Å². The largest absolute Gasteiger partial charge is 0.468 e. The van der Waals surface area contributed by atoms with E-state index in [-0.39, 0.29) is 67.4 Å². The van der Waals surface area contributed by atoms with Gasteiger partial charge in [0.05, 0.1) is 17.2 Å². The smallest absolute Gasteiger partial charge is 0.275 e. The van der Waals surface area contributed by atoms with Gasteiger partial charge < -0.3 is 18.1 Å². The van der Waals surface area contributed by atoms with E-state index in [0.29, 0.717) is 18.7 Å². The first-order chi connectivity index (χ1) is 15.0. The summed E-state index contributed by atoms with van der Waals surface area (Å²) < 4.78 is 34.5. The van der Waals surface area contributed by atoms with Crippen LogP contribution in [0.2, 0.25) is 0 Å². The molecule has 1 aliphatic heterocycles. The van der Waals surface area contributed by atoms with Crippen LogP contribution in [0.1, 0.15) is 44.7 Å². The fourth-order valence-corrected chi connectivity index (χ4v) is 7.39. The Kier molecular flexibility index (Phi) is 7.53. The molecule has 0 saturated heterocycles. The molecule has 1 saturated carbocycles. The number of fused-ring (bicyclic) bond motifs is 3. The average Bonchev–Trinajstić information content (AvgIpc) is 3.09. The first-order valence-electron chi connectivity index (χ1n) is 11.1.